The lowest BCUT2D eigenvalue weighted by Crippen LogP contribution is -2.26. The molecule has 0 aliphatic rings. The summed E-state index contributed by atoms with van der Waals surface area (Å²) in [7, 11) is 3.45. The topological polar surface area (TPSA) is 25.7 Å². The second-order valence-electron chi connectivity index (χ2n) is 4.39. The summed E-state index contributed by atoms with van der Waals surface area (Å²) in [6.07, 6.45) is 5.56. The third-order valence-corrected chi connectivity index (χ3v) is 3.38. The van der Waals surface area contributed by atoms with Crippen molar-refractivity contribution in [3.8, 4) is 5.75 Å². The van der Waals surface area contributed by atoms with E-state index in [-0.39, 0.29) is 5.82 Å². The molecule has 2 heterocycles. The quantitative estimate of drug-likeness (QED) is 0.882. The highest BCUT2D eigenvalue weighted by atomic mass is 19.1. The molecule has 0 radical (unpaired) electrons. The number of nitrogens with zero attached hydrogens (tertiary/aromatic N) is 1. The molecular formula is C14H19FN2O. The second kappa shape index (κ2) is 5.40. The van der Waals surface area contributed by atoms with Gasteiger partial charge in [0.2, 0.25) is 0 Å². The molecule has 2 aromatic heterocycles. The van der Waals surface area contributed by atoms with Crippen LogP contribution < -0.4 is 10.1 Å². The minimum absolute atomic E-state index is 0.317. The van der Waals surface area contributed by atoms with Crippen molar-refractivity contribution in [2.45, 2.75) is 25.8 Å². The van der Waals surface area contributed by atoms with Crippen LogP contribution in [0.2, 0.25) is 0 Å². The molecular weight excluding hydrogens is 231 g/mol. The molecule has 18 heavy (non-hydrogen) atoms. The molecule has 1 N–H and O–H groups in total. The Kier molecular flexibility index (Phi) is 3.87. The first-order chi connectivity index (χ1) is 8.71. The first-order valence-corrected chi connectivity index (χ1v) is 6.20. The molecule has 2 rings (SSSR count). The molecule has 0 spiro atoms. The van der Waals surface area contributed by atoms with Crippen molar-refractivity contribution in [1.82, 2.24) is 9.72 Å². The summed E-state index contributed by atoms with van der Waals surface area (Å²) in [6.45, 7) is 2.14. The Morgan fingerprint density at radius 1 is 1.39 bits per heavy atom. The Morgan fingerprint density at radius 2 is 2.11 bits per heavy atom. The third kappa shape index (κ3) is 2.20. The maximum absolute atomic E-state index is 13.7. The number of fused-ring (bicyclic) bond motifs is 1. The van der Waals surface area contributed by atoms with Crippen LogP contribution in [0.15, 0.2) is 24.5 Å². The van der Waals surface area contributed by atoms with Crippen LogP contribution in [0.1, 0.15) is 18.9 Å². The highest BCUT2D eigenvalue weighted by Gasteiger charge is 2.15. The van der Waals surface area contributed by atoms with E-state index in [2.05, 4.69) is 12.2 Å². The first-order valence-electron chi connectivity index (χ1n) is 6.20. The van der Waals surface area contributed by atoms with E-state index >= 15 is 0 Å². The van der Waals surface area contributed by atoms with Crippen LogP contribution in [0.5, 0.6) is 5.75 Å². The lowest BCUT2D eigenvalue weighted by molar-refractivity contribution is 0.389. The van der Waals surface area contributed by atoms with Crippen molar-refractivity contribution < 1.29 is 9.13 Å². The molecule has 0 aliphatic heterocycles. The fourth-order valence-corrected chi connectivity index (χ4v) is 2.29. The van der Waals surface area contributed by atoms with E-state index in [4.69, 9.17) is 4.74 Å². The first kappa shape index (κ1) is 12.9. The Morgan fingerprint density at radius 3 is 2.72 bits per heavy atom. The second-order valence-corrected chi connectivity index (χ2v) is 4.39. The highest BCUT2D eigenvalue weighted by molar-refractivity contribution is 5.67. The summed E-state index contributed by atoms with van der Waals surface area (Å²) >= 11 is 0. The fraction of sp³-hybridized carbons (Fsp3) is 0.429. The van der Waals surface area contributed by atoms with Gasteiger partial charge in [-0.15, -0.1) is 0 Å². The molecule has 0 aliphatic carbocycles. The molecule has 0 bridgehead atoms. The van der Waals surface area contributed by atoms with E-state index < -0.39 is 0 Å². The Labute approximate surface area is 107 Å². The maximum Gasteiger partial charge on any atom is 0.178 e. The van der Waals surface area contributed by atoms with Crippen LogP contribution >= 0.6 is 0 Å². The van der Waals surface area contributed by atoms with E-state index in [9.17, 15) is 4.39 Å². The smallest absolute Gasteiger partial charge is 0.178 e. The highest BCUT2D eigenvalue weighted by Crippen LogP contribution is 2.28. The van der Waals surface area contributed by atoms with Gasteiger partial charge in [-0.05, 0) is 37.6 Å². The van der Waals surface area contributed by atoms with Crippen LogP contribution in [-0.4, -0.2) is 24.6 Å². The zero-order chi connectivity index (χ0) is 13.1. The molecule has 3 nitrogen and oxygen atoms in total. The molecule has 4 heteroatoms. The standard InChI is InChI=1S/C14H19FN2O/c1-4-11(16-2)9-10-5-7-17-8-6-12(15)14(18-3)13(10)17/h5-8,11,16H,4,9H2,1-3H3. The molecule has 0 saturated carbocycles. The van der Waals surface area contributed by atoms with Gasteiger partial charge in [-0.1, -0.05) is 6.92 Å². The van der Waals surface area contributed by atoms with Gasteiger partial charge in [0.15, 0.2) is 11.6 Å². The summed E-state index contributed by atoms with van der Waals surface area (Å²) in [6, 6.07) is 3.84. The van der Waals surface area contributed by atoms with Gasteiger partial charge in [0.25, 0.3) is 0 Å². The normalized spacial score (nSPS) is 12.9. The van der Waals surface area contributed by atoms with E-state index in [1.165, 1.54) is 13.2 Å². The van der Waals surface area contributed by atoms with Crippen LogP contribution in [0, 0.1) is 5.82 Å². The number of likely N-dealkylation sites (N-methyl/N-ethyl adjacent to an activating group) is 1. The van der Waals surface area contributed by atoms with Crippen molar-refractivity contribution in [3.63, 3.8) is 0 Å². The lowest BCUT2D eigenvalue weighted by atomic mass is 10.0. The summed E-state index contributed by atoms with van der Waals surface area (Å²) in [4.78, 5) is 0. The molecule has 0 aromatic carbocycles. The maximum atomic E-state index is 13.7. The van der Waals surface area contributed by atoms with Gasteiger partial charge in [-0.3, -0.25) is 0 Å². The van der Waals surface area contributed by atoms with E-state index in [0.717, 1.165) is 23.9 Å². The van der Waals surface area contributed by atoms with E-state index in [1.807, 2.05) is 23.7 Å². The van der Waals surface area contributed by atoms with Crippen LogP contribution in [0.25, 0.3) is 5.52 Å². The monoisotopic (exact) mass is 250 g/mol. The van der Waals surface area contributed by atoms with Crippen molar-refractivity contribution >= 4 is 5.52 Å². The number of aromatic nitrogens is 1. The number of ether oxygens (including phenoxy) is 1. The molecule has 0 amide bonds. The van der Waals surface area contributed by atoms with Gasteiger partial charge in [0, 0.05) is 18.4 Å². The number of rotatable bonds is 5. The molecule has 1 atom stereocenters. The summed E-state index contributed by atoms with van der Waals surface area (Å²) in [5.41, 5.74) is 1.93. The summed E-state index contributed by atoms with van der Waals surface area (Å²) in [5.74, 6) is 0.00547. The number of nitrogens with one attached hydrogen (secondary N) is 1. The fourth-order valence-electron chi connectivity index (χ4n) is 2.29. The van der Waals surface area contributed by atoms with Crippen LogP contribution in [0.4, 0.5) is 4.39 Å². The zero-order valence-electron chi connectivity index (χ0n) is 11.0. The van der Waals surface area contributed by atoms with E-state index in [1.54, 1.807) is 6.20 Å². The summed E-state index contributed by atoms with van der Waals surface area (Å²) in [5, 5.41) is 3.26. The minimum atomic E-state index is -0.317. The minimum Gasteiger partial charge on any atom is -0.492 e. The largest absolute Gasteiger partial charge is 0.492 e. The Bertz CT molecular complexity index is 532. The molecule has 1 unspecified atom stereocenters. The van der Waals surface area contributed by atoms with Gasteiger partial charge < -0.3 is 14.5 Å². The van der Waals surface area contributed by atoms with Gasteiger partial charge in [-0.25, -0.2) is 4.39 Å². The average Bonchev–Trinajstić information content (AvgIpc) is 2.79. The van der Waals surface area contributed by atoms with Crippen molar-refractivity contribution in [1.29, 1.82) is 0 Å². The zero-order valence-corrected chi connectivity index (χ0v) is 11.0. The van der Waals surface area contributed by atoms with Crippen LogP contribution in [-0.2, 0) is 6.42 Å². The van der Waals surface area contributed by atoms with E-state index in [0.29, 0.717) is 11.8 Å². The number of hydrogen-bond donors (Lipinski definition) is 1. The van der Waals surface area contributed by atoms with Gasteiger partial charge in [-0.2, -0.15) is 0 Å². The number of pyridine rings is 1. The molecule has 0 saturated heterocycles. The number of methoxy groups -OCH3 is 1. The molecule has 2 aromatic rings. The van der Waals surface area contributed by atoms with Gasteiger partial charge in [0.1, 0.15) is 0 Å². The summed E-state index contributed by atoms with van der Waals surface area (Å²) < 4.78 is 20.8. The predicted molar refractivity (Wildman–Crippen MR) is 70.7 cm³/mol. The predicted octanol–water partition coefficient (Wildman–Crippen LogP) is 2.63. The third-order valence-electron chi connectivity index (χ3n) is 3.38. The van der Waals surface area contributed by atoms with Gasteiger partial charge in [0.05, 0.1) is 12.6 Å². The molecule has 0 fully saturated rings. The number of hydrogen-bond acceptors (Lipinski definition) is 2. The molecule has 98 valence electrons. The SMILES string of the molecule is CCC(Cc1ccn2ccc(F)c(OC)c12)NC. The van der Waals surface area contributed by atoms with Crippen molar-refractivity contribution in [2.75, 3.05) is 14.2 Å². The average molecular weight is 250 g/mol. The Balaban J connectivity index is 2.48. The van der Waals surface area contributed by atoms with Gasteiger partial charge >= 0.3 is 0 Å². The lowest BCUT2D eigenvalue weighted by Gasteiger charge is -2.14. The van der Waals surface area contributed by atoms with Crippen molar-refractivity contribution in [2.24, 2.45) is 0 Å². The Hall–Kier alpha value is -1.55. The van der Waals surface area contributed by atoms with Crippen molar-refractivity contribution in [3.05, 3.63) is 35.9 Å². The van der Waals surface area contributed by atoms with Crippen LogP contribution in [0.3, 0.4) is 0 Å². The number of halogens is 1.